The molecular weight excluding hydrogens is 379 g/mol. The molecule has 0 bridgehead atoms. The summed E-state index contributed by atoms with van der Waals surface area (Å²) in [5.41, 5.74) is -0.863. The first-order valence-electron chi connectivity index (χ1n) is 9.49. The highest BCUT2D eigenvalue weighted by atomic mass is 32.1. The lowest BCUT2D eigenvalue weighted by Crippen LogP contribution is -2.63. The summed E-state index contributed by atoms with van der Waals surface area (Å²) in [7, 11) is 0. The standard InChI is InChI=1S/C21H23FN2O3S/c1-21(27)10-11-24(20(26)14-4-5-14)17(16-3-2-12-28-16)18(21)23-19(25)13-6-8-15(22)9-7-13/h2-3,6-9,12,14,17-18,27H,4-5,10-11H2,1H3,(H,23,25)/t17-,18-,21+/m0/s1. The maximum atomic E-state index is 13.2. The predicted molar refractivity (Wildman–Crippen MR) is 104 cm³/mol. The number of halogens is 1. The lowest BCUT2D eigenvalue weighted by atomic mass is 9.81. The smallest absolute Gasteiger partial charge is 0.251 e. The Morgan fingerprint density at radius 3 is 2.57 bits per heavy atom. The molecular formula is C21H23FN2O3S. The zero-order chi connectivity index (χ0) is 19.9. The van der Waals surface area contributed by atoms with Crippen LogP contribution in [0.1, 0.15) is 47.5 Å². The second-order valence-corrected chi connectivity index (χ2v) is 8.81. The Hall–Kier alpha value is -2.25. The second kappa shape index (κ2) is 7.29. The maximum Gasteiger partial charge on any atom is 0.251 e. The van der Waals surface area contributed by atoms with Crippen LogP contribution in [0.4, 0.5) is 4.39 Å². The molecule has 28 heavy (non-hydrogen) atoms. The molecule has 2 amide bonds. The molecule has 1 saturated heterocycles. The topological polar surface area (TPSA) is 69.6 Å². The van der Waals surface area contributed by atoms with E-state index in [-0.39, 0.29) is 11.8 Å². The van der Waals surface area contributed by atoms with Crippen molar-refractivity contribution in [2.45, 2.75) is 43.9 Å². The second-order valence-electron chi connectivity index (χ2n) is 7.83. The Bertz CT molecular complexity index is 862. The number of carbonyl (C=O) groups excluding carboxylic acids is 2. The fourth-order valence-electron chi connectivity index (χ4n) is 3.81. The van der Waals surface area contributed by atoms with E-state index in [1.54, 1.807) is 6.92 Å². The average Bonchev–Trinajstić information content (AvgIpc) is 3.38. The van der Waals surface area contributed by atoms with E-state index in [2.05, 4.69) is 5.32 Å². The number of hydrogen-bond acceptors (Lipinski definition) is 4. The molecule has 1 aromatic carbocycles. The molecule has 0 spiro atoms. The number of thiophene rings is 1. The van der Waals surface area contributed by atoms with Crippen LogP contribution in [0.2, 0.25) is 0 Å². The first-order valence-corrected chi connectivity index (χ1v) is 10.4. The quantitative estimate of drug-likeness (QED) is 0.826. The minimum absolute atomic E-state index is 0.0546. The van der Waals surface area contributed by atoms with Gasteiger partial charge in [-0.2, -0.15) is 0 Å². The van der Waals surface area contributed by atoms with E-state index in [1.807, 2.05) is 22.4 Å². The van der Waals surface area contributed by atoms with Gasteiger partial charge in [-0.25, -0.2) is 4.39 Å². The van der Waals surface area contributed by atoms with Crippen molar-refractivity contribution in [2.75, 3.05) is 6.54 Å². The summed E-state index contributed by atoms with van der Waals surface area (Å²) < 4.78 is 13.2. The van der Waals surface area contributed by atoms with Crippen LogP contribution in [0, 0.1) is 11.7 Å². The zero-order valence-electron chi connectivity index (χ0n) is 15.6. The fourth-order valence-corrected chi connectivity index (χ4v) is 4.69. The molecule has 1 saturated carbocycles. The van der Waals surface area contributed by atoms with Crippen molar-refractivity contribution in [1.82, 2.24) is 10.2 Å². The Labute approximate surface area is 167 Å². The minimum Gasteiger partial charge on any atom is -0.388 e. The fraction of sp³-hybridized carbons (Fsp3) is 0.429. The highest BCUT2D eigenvalue weighted by Crippen LogP contribution is 2.42. The minimum atomic E-state index is -1.18. The Morgan fingerprint density at radius 1 is 1.25 bits per heavy atom. The predicted octanol–water partition coefficient (Wildman–Crippen LogP) is 3.12. The molecule has 1 aromatic heterocycles. The van der Waals surface area contributed by atoms with Gasteiger partial charge in [0.25, 0.3) is 5.91 Å². The molecule has 4 rings (SSSR count). The summed E-state index contributed by atoms with van der Waals surface area (Å²) >= 11 is 1.51. The molecule has 2 heterocycles. The number of carbonyl (C=O) groups is 2. The molecule has 2 aliphatic rings. The molecule has 3 atom stereocenters. The number of aliphatic hydroxyl groups is 1. The van der Waals surface area contributed by atoms with E-state index < -0.39 is 29.4 Å². The lowest BCUT2D eigenvalue weighted by Gasteiger charge is -2.48. The molecule has 2 N–H and O–H groups in total. The third kappa shape index (κ3) is 3.69. The summed E-state index contributed by atoms with van der Waals surface area (Å²) in [5, 5.41) is 15.9. The normalized spacial score (nSPS) is 27.5. The Kier molecular flexibility index (Phi) is 4.97. The van der Waals surface area contributed by atoms with E-state index in [0.717, 1.165) is 17.7 Å². The monoisotopic (exact) mass is 402 g/mol. The van der Waals surface area contributed by atoms with Crippen LogP contribution in [-0.4, -0.2) is 40.0 Å². The number of piperidine rings is 1. The maximum absolute atomic E-state index is 13.2. The lowest BCUT2D eigenvalue weighted by molar-refractivity contribution is -0.143. The molecule has 2 fully saturated rings. The van der Waals surface area contributed by atoms with Crippen LogP contribution in [0.15, 0.2) is 41.8 Å². The zero-order valence-corrected chi connectivity index (χ0v) is 16.4. The van der Waals surface area contributed by atoms with Gasteiger partial charge in [-0.15, -0.1) is 11.3 Å². The van der Waals surface area contributed by atoms with Gasteiger partial charge in [-0.1, -0.05) is 6.07 Å². The van der Waals surface area contributed by atoms with Crippen molar-refractivity contribution in [3.05, 3.63) is 58.0 Å². The van der Waals surface area contributed by atoms with E-state index in [1.165, 1.54) is 35.6 Å². The number of amides is 2. The number of hydrogen-bond donors (Lipinski definition) is 2. The van der Waals surface area contributed by atoms with Crippen molar-refractivity contribution in [2.24, 2.45) is 5.92 Å². The molecule has 148 valence electrons. The first kappa shape index (κ1) is 19.1. The average molecular weight is 402 g/mol. The number of likely N-dealkylation sites (tertiary alicyclic amines) is 1. The van der Waals surface area contributed by atoms with Crippen LogP contribution in [0.25, 0.3) is 0 Å². The summed E-state index contributed by atoms with van der Waals surface area (Å²) in [6, 6.07) is 8.02. The van der Waals surface area contributed by atoms with Gasteiger partial charge in [-0.3, -0.25) is 9.59 Å². The number of nitrogens with zero attached hydrogens (tertiary/aromatic N) is 1. The SMILES string of the molecule is C[C@@]1(O)CCN(C(=O)C2CC2)[C@@H](c2cccs2)[C@@H]1NC(=O)c1ccc(F)cc1. The van der Waals surface area contributed by atoms with Crippen molar-refractivity contribution in [1.29, 1.82) is 0 Å². The van der Waals surface area contributed by atoms with Crippen molar-refractivity contribution in [3.8, 4) is 0 Å². The highest BCUT2D eigenvalue weighted by Gasteiger charge is 2.50. The van der Waals surface area contributed by atoms with Crippen LogP contribution >= 0.6 is 11.3 Å². The summed E-state index contributed by atoms with van der Waals surface area (Å²) in [4.78, 5) is 28.5. The van der Waals surface area contributed by atoms with Crippen LogP contribution in [0.3, 0.4) is 0 Å². The summed E-state index contributed by atoms with van der Waals surface area (Å²) in [6.45, 7) is 2.15. The molecule has 0 unspecified atom stereocenters. The molecule has 1 aliphatic carbocycles. The molecule has 1 aliphatic heterocycles. The molecule has 2 aromatic rings. The first-order chi connectivity index (χ1) is 13.4. The van der Waals surface area contributed by atoms with Gasteiger partial charge in [0.05, 0.1) is 17.7 Å². The Balaban J connectivity index is 1.66. The third-order valence-electron chi connectivity index (χ3n) is 5.62. The van der Waals surface area contributed by atoms with Crippen molar-refractivity contribution >= 4 is 23.2 Å². The summed E-state index contributed by atoms with van der Waals surface area (Å²) in [5.74, 6) is -0.666. The van der Waals surface area contributed by atoms with E-state index in [0.29, 0.717) is 18.5 Å². The summed E-state index contributed by atoms with van der Waals surface area (Å²) in [6.07, 6.45) is 2.17. The van der Waals surface area contributed by atoms with E-state index in [4.69, 9.17) is 0 Å². The van der Waals surface area contributed by atoms with Gasteiger partial charge in [0.2, 0.25) is 5.91 Å². The van der Waals surface area contributed by atoms with Crippen molar-refractivity contribution < 1.29 is 19.1 Å². The van der Waals surface area contributed by atoms with Gasteiger partial charge >= 0.3 is 0 Å². The number of nitrogens with one attached hydrogen (secondary N) is 1. The van der Waals surface area contributed by atoms with Crippen LogP contribution in [0.5, 0.6) is 0 Å². The van der Waals surface area contributed by atoms with E-state index >= 15 is 0 Å². The number of rotatable bonds is 4. The van der Waals surface area contributed by atoms with Gasteiger partial charge in [0.15, 0.2) is 0 Å². The third-order valence-corrected chi connectivity index (χ3v) is 6.56. The molecule has 7 heteroatoms. The van der Waals surface area contributed by atoms with Crippen LogP contribution in [-0.2, 0) is 4.79 Å². The van der Waals surface area contributed by atoms with Crippen molar-refractivity contribution in [3.63, 3.8) is 0 Å². The van der Waals surface area contributed by atoms with Crippen LogP contribution < -0.4 is 5.32 Å². The number of benzene rings is 1. The molecule has 0 radical (unpaired) electrons. The largest absolute Gasteiger partial charge is 0.388 e. The Morgan fingerprint density at radius 2 is 1.96 bits per heavy atom. The van der Waals surface area contributed by atoms with E-state index in [9.17, 15) is 19.1 Å². The van der Waals surface area contributed by atoms with Gasteiger partial charge in [0, 0.05) is 22.9 Å². The van der Waals surface area contributed by atoms with Gasteiger partial charge in [-0.05, 0) is 61.9 Å². The highest BCUT2D eigenvalue weighted by molar-refractivity contribution is 7.10. The van der Waals surface area contributed by atoms with Gasteiger partial charge in [0.1, 0.15) is 5.82 Å². The molecule has 5 nitrogen and oxygen atoms in total. The van der Waals surface area contributed by atoms with Gasteiger partial charge < -0.3 is 15.3 Å².